The first-order chi connectivity index (χ1) is 8.65. The second kappa shape index (κ2) is 6.00. The Morgan fingerprint density at radius 1 is 1.39 bits per heavy atom. The fourth-order valence-corrected chi connectivity index (χ4v) is 3.20. The Hall–Kier alpha value is -0.640. The third-order valence-corrected chi connectivity index (χ3v) is 4.76. The Morgan fingerprint density at radius 2 is 2.17 bits per heavy atom. The summed E-state index contributed by atoms with van der Waals surface area (Å²) in [6, 6.07) is 0. The van der Waals surface area contributed by atoms with Crippen molar-refractivity contribution in [2.24, 2.45) is 5.92 Å². The molecule has 1 saturated carbocycles. The van der Waals surface area contributed by atoms with E-state index in [0.29, 0.717) is 10.4 Å². The standard InChI is InChI=1S/C14H21BrN2O/c1-3-5-11-12(15)14(18)17-13(16-11)10-7-6-9(4-2)8-10/h9-10H,3-8H2,1-2H3,(H,16,17,18). The number of H-pyrrole nitrogens is 1. The third-order valence-electron chi connectivity index (χ3n) is 3.94. The molecule has 3 nitrogen and oxygen atoms in total. The Balaban J connectivity index is 2.26. The fourth-order valence-electron chi connectivity index (χ4n) is 2.81. The van der Waals surface area contributed by atoms with Gasteiger partial charge in [0.05, 0.1) is 5.69 Å². The van der Waals surface area contributed by atoms with E-state index in [1.165, 1.54) is 19.3 Å². The number of hydrogen-bond acceptors (Lipinski definition) is 2. The average molecular weight is 313 g/mol. The van der Waals surface area contributed by atoms with E-state index < -0.39 is 0 Å². The van der Waals surface area contributed by atoms with Gasteiger partial charge in [-0.25, -0.2) is 4.98 Å². The minimum Gasteiger partial charge on any atom is -0.309 e. The molecule has 1 N–H and O–H groups in total. The molecule has 2 atom stereocenters. The van der Waals surface area contributed by atoms with Crippen LogP contribution in [0.2, 0.25) is 0 Å². The van der Waals surface area contributed by atoms with Crippen molar-refractivity contribution in [3.63, 3.8) is 0 Å². The van der Waals surface area contributed by atoms with Gasteiger partial charge in [-0.3, -0.25) is 4.79 Å². The minimum atomic E-state index is -0.0246. The van der Waals surface area contributed by atoms with Crippen LogP contribution in [0.3, 0.4) is 0 Å². The summed E-state index contributed by atoms with van der Waals surface area (Å²) in [5.74, 6) is 2.16. The lowest BCUT2D eigenvalue weighted by Gasteiger charge is -2.11. The van der Waals surface area contributed by atoms with Gasteiger partial charge in [-0.05, 0) is 47.5 Å². The Kier molecular flexibility index (Phi) is 4.60. The lowest BCUT2D eigenvalue weighted by molar-refractivity contribution is 0.515. The number of halogens is 1. The van der Waals surface area contributed by atoms with Gasteiger partial charge in [-0.15, -0.1) is 0 Å². The van der Waals surface area contributed by atoms with Crippen LogP contribution in [-0.2, 0) is 6.42 Å². The molecule has 1 heterocycles. The summed E-state index contributed by atoms with van der Waals surface area (Å²) >= 11 is 3.34. The molecule has 0 saturated heterocycles. The zero-order valence-corrected chi connectivity index (χ0v) is 12.7. The third kappa shape index (κ3) is 2.85. The van der Waals surface area contributed by atoms with Gasteiger partial charge in [0, 0.05) is 5.92 Å². The molecule has 1 aromatic heterocycles. The average Bonchev–Trinajstić information content (AvgIpc) is 2.83. The van der Waals surface area contributed by atoms with E-state index in [1.807, 2.05) is 0 Å². The maximum absolute atomic E-state index is 11.9. The second-order valence-corrected chi connectivity index (χ2v) is 6.04. The summed E-state index contributed by atoms with van der Waals surface area (Å²) in [5, 5.41) is 0. The van der Waals surface area contributed by atoms with Crippen molar-refractivity contribution in [1.82, 2.24) is 9.97 Å². The molecule has 18 heavy (non-hydrogen) atoms. The number of nitrogens with one attached hydrogen (secondary N) is 1. The highest BCUT2D eigenvalue weighted by atomic mass is 79.9. The van der Waals surface area contributed by atoms with Crippen LogP contribution in [0.25, 0.3) is 0 Å². The van der Waals surface area contributed by atoms with Crippen LogP contribution >= 0.6 is 15.9 Å². The Morgan fingerprint density at radius 3 is 2.78 bits per heavy atom. The summed E-state index contributed by atoms with van der Waals surface area (Å²) in [6.07, 6.45) is 6.71. The number of nitrogens with zero attached hydrogens (tertiary/aromatic N) is 1. The van der Waals surface area contributed by atoms with E-state index in [9.17, 15) is 4.79 Å². The zero-order valence-electron chi connectivity index (χ0n) is 11.1. The van der Waals surface area contributed by atoms with Gasteiger partial charge < -0.3 is 4.98 Å². The summed E-state index contributed by atoms with van der Waals surface area (Å²) < 4.78 is 0.609. The molecule has 0 aromatic carbocycles. The van der Waals surface area contributed by atoms with Crippen molar-refractivity contribution in [2.75, 3.05) is 0 Å². The summed E-state index contributed by atoms with van der Waals surface area (Å²) in [5.41, 5.74) is 0.889. The maximum atomic E-state index is 11.9. The minimum absolute atomic E-state index is 0.0246. The normalized spacial score (nSPS) is 23.5. The van der Waals surface area contributed by atoms with E-state index in [1.54, 1.807) is 0 Å². The van der Waals surface area contributed by atoms with Gasteiger partial charge in [0.25, 0.3) is 5.56 Å². The van der Waals surface area contributed by atoms with Crippen LogP contribution in [0.5, 0.6) is 0 Å². The van der Waals surface area contributed by atoms with Gasteiger partial charge in [0.2, 0.25) is 0 Å². The highest BCUT2D eigenvalue weighted by Gasteiger charge is 2.27. The van der Waals surface area contributed by atoms with Gasteiger partial charge >= 0.3 is 0 Å². The molecule has 0 bridgehead atoms. The molecule has 0 spiro atoms. The number of rotatable bonds is 4. The van der Waals surface area contributed by atoms with Crippen LogP contribution in [0, 0.1) is 5.92 Å². The van der Waals surface area contributed by atoms with E-state index in [-0.39, 0.29) is 5.56 Å². The molecule has 1 aromatic rings. The topological polar surface area (TPSA) is 45.8 Å². The van der Waals surface area contributed by atoms with Crippen LogP contribution in [0.15, 0.2) is 9.27 Å². The number of aromatic amines is 1. The molecular formula is C14H21BrN2O. The monoisotopic (exact) mass is 312 g/mol. The Labute approximate surface area is 117 Å². The number of aromatic nitrogens is 2. The molecular weight excluding hydrogens is 292 g/mol. The lowest BCUT2D eigenvalue weighted by atomic mass is 10.0. The Bertz CT molecular complexity index is 469. The summed E-state index contributed by atoms with van der Waals surface area (Å²) in [6.45, 7) is 4.35. The molecule has 1 aliphatic rings. The van der Waals surface area contributed by atoms with Crippen molar-refractivity contribution < 1.29 is 0 Å². The number of hydrogen-bond donors (Lipinski definition) is 1. The second-order valence-electron chi connectivity index (χ2n) is 5.25. The first-order valence-electron chi connectivity index (χ1n) is 6.94. The van der Waals surface area contributed by atoms with Crippen molar-refractivity contribution in [2.45, 2.75) is 58.3 Å². The SMILES string of the molecule is CCCc1nc(C2CCC(CC)C2)[nH]c(=O)c1Br. The smallest absolute Gasteiger partial charge is 0.265 e. The lowest BCUT2D eigenvalue weighted by Crippen LogP contribution is -2.17. The summed E-state index contributed by atoms with van der Waals surface area (Å²) in [4.78, 5) is 19.5. The van der Waals surface area contributed by atoms with Gasteiger partial charge in [0.1, 0.15) is 10.3 Å². The van der Waals surface area contributed by atoms with E-state index in [0.717, 1.165) is 36.7 Å². The molecule has 0 radical (unpaired) electrons. The van der Waals surface area contributed by atoms with Gasteiger partial charge in [0.15, 0.2) is 0 Å². The van der Waals surface area contributed by atoms with Crippen LogP contribution in [0.1, 0.15) is 63.4 Å². The molecule has 2 rings (SSSR count). The number of aryl methyl sites for hydroxylation is 1. The predicted molar refractivity (Wildman–Crippen MR) is 76.9 cm³/mol. The van der Waals surface area contributed by atoms with Gasteiger partial charge in [-0.2, -0.15) is 0 Å². The largest absolute Gasteiger partial charge is 0.309 e. The quantitative estimate of drug-likeness (QED) is 0.919. The van der Waals surface area contributed by atoms with Crippen LogP contribution in [-0.4, -0.2) is 9.97 Å². The van der Waals surface area contributed by atoms with Crippen molar-refractivity contribution >= 4 is 15.9 Å². The van der Waals surface area contributed by atoms with Crippen molar-refractivity contribution in [1.29, 1.82) is 0 Å². The van der Waals surface area contributed by atoms with E-state index in [2.05, 4.69) is 39.7 Å². The molecule has 2 unspecified atom stereocenters. The van der Waals surface area contributed by atoms with Gasteiger partial charge in [-0.1, -0.05) is 26.7 Å². The summed E-state index contributed by atoms with van der Waals surface area (Å²) in [7, 11) is 0. The molecule has 100 valence electrons. The molecule has 1 aliphatic carbocycles. The molecule has 0 aliphatic heterocycles. The maximum Gasteiger partial charge on any atom is 0.265 e. The molecule has 1 fully saturated rings. The van der Waals surface area contributed by atoms with Crippen molar-refractivity contribution in [3.8, 4) is 0 Å². The predicted octanol–water partition coefficient (Wildman–Crippen LogP) is 3.78. The van der Waals surface area contributed by atoms with Crippen LogP contribution in [0.4, 0.5) is 0 Å². The van der Waals surface area contributed by atoms with Crippen LogP contribution < -0.4 is 5.56 Å². The highest BCUT2D eigenvalue weighted by molar-refractivity contribution is 9.10. The highest BCUT2D eigenvalue weighted by Crippen LogP contribution is 2.38. The van der Waals surface area contributed by atoms with Crippen molar-refractivity contribution in [3.05, 3.63) is 26.3 Å². The molecule has 4 heteroatoms. The van der Waals surface area contributed by atoms with E-state index in [4.69, 9.17) is 0 Å². The fraction of sp³-hybridized carbons (Fsp3) is 0.714. The zero-order chi connectivity index (χ0) is 13.1. The van der Waals surface area contributed by atoms with E-state index >= 15 is 0 Å². The first-order valence-corrected chi connectivity index (χ1v) is 7.73. The molecule has 0 amide bonds. The first kappa shape index (κ1) is 13.8.